The van der Waals surface area contributed by atoms with Crippen molar-refractivity contribution in [2.24, 2.45) is 0 Å². The molecule has 2 nitrogen and oxygen atoms in total. The van der Waals surface area contributed by atoms with Crippen LogP contribution in [-0.2, 0) is 0 Å². The highest BCUT2D eigenvalue weighted by molar-refractivity contribution is 7.13. The molecule has 0 amide bonds. The SMILES string of the molecule is O=c1oc2ccc(Cl)cc2cc1-c1cccs1. The molecule has 3 aromatic rings. The largest absolute Gasteiger partial charge is 0.422 e. The van der Waals surface area contributed by atoms with Gasteiger partial charge in [-0.1, -0.05) is 17.7 Å². The number of hydrogen-bond acceptors (Lipinski definition) is 3. The van der Waals surface area contributed by atoms with E-state index in [0.717, 1.165) is 10.3 Å². The van der Waals surface area contributed by atoms with Crippen molar-refractivity contribution in [2.75, 3.05) is 0 Å². The van der Waals surface area contributed by atoms with Gasteiger partial charge in [-0.2, -0.15) is 0 Å². The maximum atomic E-state index is 11.8. The minimum Gasteiger partial charge on any atom is -0.422 e. The first kappa shape index (κ1) is 10.6. The van der Waals surface area contributed by atoms with Gasteiger partial charge >= 0.3 is 5.63 Å². The molecule has 2 heterocycles. The van der Waals surface area contributed by atoms with E-state index >= 15 is 0 Å². The second-order valence-corrected chi connectivity index (χ2v) is 4.99. The van der Waals surface area contributed by atoms with E-state index in [9.17, 15) is 4.79 Å². The van der Waals surface area contributed by atoms with Crippen molar-refractivity contribution in [1.82, 2.24) is 0 Å². The van der Waals surface area contributed by atoms with Gasteiger partial charge in [-0.3, -0.25) is 0 Å². The van der Waals surface area contributed by atoms with Gasteiger partial charge in [0.1, 0.15) is 5.58 Å². The van der Waals surface area contributed by atoms with Gasteiger partial charge in [-0.05, 0) is 35.7 Å². The molecule has 0 unspecified atom stereocenters. The summed E-state index contributed by atoms with van der Waals surface area (Å²) in [4.78, 5) is 12.7. The Morgan fingerprint density at radius 3 is 2.82 bits per heavy atom. The van der Waals surface area contributed by atoms with E-state index in [0.29, 0.717) is 16.2 Å². The van der Waals surface area contributed by atoms with E-state index in [-0.39, 0.29) is 5.63 Å². The van der Waals surface area contributed by atoms with E-state index in [4.69, 9.17) is 16.0 Å². The Labute approximate surface area is 106 Å². The Morgan fingerprint density at radius 1 is 1.18 bits per heavy atom. The molecular weight excluding hydrogens is 256 g/mol. The lowest BCUT2D eigenvalue weighted by molar-refractivity contribution is 0.564. The van der Waals surface area contributed by atoms with Crippen LogP contribution in [0.15, 0.2) is 51.0 Å². The third kappa shape index (κ3) is 1.88. The van der Waals surface area contributed by atoms with Crippen LogP contribution in [0.5, 0.6) is 0 Å². The van der Waals surface area contributed by atoms with Crippen LogP contribution < -0.4 is 5.63 Å². The molecule has 84 valence electrons. The number of hydrogen-bond donors (Lipinski definition) is 0. The molecule has 0 aliphatic heterocycles. The Kier molecular flexibility index (Phi) is 2.50. The van der Waals surface area contributed by atoms with Crippen LogP contribution in [0.4, 0.5) is 0 Å². The lowest BCUT2D eigenvalue weighted by atomic mass is 10.1. The molecule has 0 aliphatic rings. The van der Waals surface area contributed by atoms with Crippen LogP contribution in [0, 0.1) is 0 Å². The average Bonchev–Trinajstić information content (AvgIpc) is 2.82. The van der Waals surface area contributed by atoms with Gasteiger partial charge < -0.3 is 4.42 Å². The Morgan fingerprint density at radius 2 is 2.06 bits per heavy atom. The molecule has 0 saturated carbocycles. The van der Waals surface area contributed by atoms with Crippen LogP contribution in [-0.4, -0.2) is 0 Å². The fourth-order valence-electron chi connectivity index (χ4n) is 1.70. The van der Waals surface area contributed by atoms with Crippen molar-refractivity contribution < 1.29 is 4.42 Å². The molecule has 2 aromatic heterocycles. The molecule has 1 aromatic carbocycles. The average molecular weight is 263 g/mol. The first-order valence-corrected chi connectivity index (χ1v) is 6.27. The molecule has 0 aliphatic carbocycles. The van der Waals surface area contributed by atoms with Gasteiger partial charge in [0.2, 0.25) is 0 Å². The van der Waals surface area contributed by atoms with Gasteiger partial charge in [0.05, 0.1) is 5.56 Å². The fraction of sp³-hybridized carbons (Fsp3) is 0. The second-order valence-electron chi connectivity index (χ2n) is 3.61. The Balaban J connectivity index is 2.33. The van der Waals surface area contributed by atoms with Crippen molar-refractivity contribution >= 4 is 33.9 Å². The first-order chi connectivity index (χ1) is 8.24. The first-order valence-electron chi connectivity index (χ1n) is 5.01. The topological polar surface area (TPSA) is 30.2 Å². The number of halogens is 1. The summed E-state index contributed by atoms with van der Waals surface area (Å²) in [5, 5.41) is 3.39. The fourth-order valence-corrected chi connectivity index (χ4v) is 2.61. The zero-order chi connectivity index (χ0) is 11.8. The zero-order valence-electron chi connectivity index (χ0n) is 8.64. The van der Waals surface area contributed by atoms with E-state index in [1.807, 2.05) is 23.6 Å². The third-order valence-electron chi connectivity index (χ3n) is 2.48. The van der Waals surface area contributed by atoms with Crippen LogP contribution in [0.3, 0.4) is 0 Å². The number of benzene rings is 1. The maximum absolute atomic E-state index is 11.8. The summed E-state index contributed by atoms with van der Waals surface area (Å²) in [5.74, 6) is 0. The summed E-state index contributed by atoms with van der Waals surface area (Å²) in [7, 11) is 0. The second kappa shape index (κ2) is 4.02. The van der Waals surface area contributed by atoms with Crippen molar-refractivity contribution in [1.29, 1.82) is 0 Å². The number of thiophene rings is 1. The lowest BCUT2D eigenvalue weighted by Crippen LogP contribution is -2.01. The molecule has 0 saturated heterocycles. The molecular formula is C13H7ClO2S. The van der Waals surface area contributed by atoms with Crippen molar-refractivity contribution in [2.45, 2.75) is 0 Å². The van der Waals surface area contributed by atoms with E-state index in [1.54, 1.807) is 18.2 Å². The van der Waals surface area contributed by atoms with Crippen molar-refractivity contribution in [3.8, 4) is 10.4 Å². The molecule has 4 heteroatoms. The van der Waals surface area contributed by atoms with Crippen LogP contribution >= 0.6 is 22.9 Å². The summed E-state index contributed by atoms with van der Waals surface area (Å²) in [6.07, 6.45) is 0. The monoisotopic (exact) mass is 262 g/mol. The van der Waals surface area contributed by atoms with Crippen LogP contribution in [0.1, 0.15) is 0 Å². The summed E-state index contributed by atoms with van der Waals surface area (Å²) in [5.41, 5.74) is 0.816. The number of rotatable bonds is 1. The van der Waals surface area contributed by atoms with E-state index in [1.165, 1.54) is 11.3 Å². The summed E-state index contributed by atoms with van der Waals surface area (Å²) >= 11 is 7.43. The van der Waals surface area contributed by atoms with Gasteiger partial charge in [0.25, 0.3) is 0 Å². The lowest BCUT2D eigenvalue weighted by Gasteiger charge is -2.00. The highest BCUT2D eigenvalue weighted by atomic mass is 35.5. The molecule has 0 N–H and O–H groups in total. The maximum Gasteiger partial charge on any atom is 0.345 e. The third-order valence-corrected chi connectivity index (χ3v) is 3.62. The van der Waals surface area contributed by atoms with Gasteiger partial charge in [-0.25, -0.2) is 4.79 Å². The quantitative estimate of drug-likeness (QED) is 0.616. The molecule has 0 atom stereocenters. The molecule has 0 fully saturated rings. The van der Waals surface area contributed by atoms with Gasteiger partial charge in [0.15, 0.2) is 0 Å². The molecule has 0 spiro atoms. The van der Waals surface area contributed by atoms with E-state index < -0.39 is 0 Å². The number of fused-ring (bicyclic) bond motifs is 1. The normalized spacial score (nSPS) is 10.9. The predicted molar refractivity (Wildman–Crippen MR) is 70.8 cm³/mol. The highest BCUT2D eigenvalue weighted by Crippen LogP contribution is 2.26. The molecule has 17 heavy (non-hydrogen) atoms. The molecule has 0 bridgehead atoms. The highest BCUT2D eigenvalue weighted by Gasteiger charge is 2.08. The molecule has 0 radical (unpaired) electrons. The zero-order valence-corrected chi connectivity index (χ0v) is 10.2. The van der Waals surface area contributed by atoms with Gasteiger partial charge in [0, 0.05) is 15.3 Å². The summed E-state index contributed by atoms with van der Waals surface area (Å²) < 4.78 is 5.26. The minimum absolute atomic E-state index is 0.317. The van der Waals surface area contributed by atoms with E-state index in [2.05, 4.69) is 0 Å². The van der Waals surface area contributed by atoms with Crippen LogP contribution in [0.25, 0.3) is 21.4 Å². The standard InChI is InChI=1S/C13H7ClO2S/c14-9-3-4-11-8(6-9)7-10(13(15)16-11)12-2-1-5-17-12/h1-7H. The Hall–Kier alpha value is -1.58. The predicted octanol–water partition coefficient (Wildman–Crippen LogP) is 4.17. The van der Waals surface area contributed by atoms with Crippen molar-refractivity contribution in [3.05, 3.63) is 57.2 Å². The minimum atomic E-state index is -0.317. The Bertz CT molecular complexity index is 729. The van der Waals surface area contributed by atoms with Crippen molar-refractivity contribution in [3.63, 3.8) is 0 Å². The molecule has 3 rings (SSSR count). The smallest absolute Gasteiger partial charge is 0.345 e. The summed E-state index contributed by atoms with van der Waals surface area (Å²) in [6, 6.07) is 10.8. The van der Waals surface area contributed by atoms with Gasteiger partial charge in [-0.15, -0.1) is 11.3 Å². The summed E-state index contributed by atoms with van der Waals surface area (Å²) in [6.45, 7) is 0. The van der Waals surface area contributed by atoms with Crippen LogP contribution in [0.2, 0.25) is 5.02 Å².